The van der Waals surface area contributed by atoms with Crippen molar-refractivity contribution in [1.29, 1.82) is 0 Å². The number of piperidine rings is 1. The fraction of sp³-hybridized carbons (Fsp3) is 0.533. The second-order valence-electron chi connectivity index (χ2n) is 6.02. The molecular weight excluding hydrogens is 240 g/mol. The summed E-state index contributed by atoms with van der Waals surface area (Å²) < 4.78 is 0. The molecule has 1 aromatic carbocycles. The summed E-state index contributed by atoms with van der Waals surface area (Å²) in [6, 6.07) is 6.20. The van der Waals surface area contributed by atoms with Gasteiger partial charge in [-0.05, 0) is 36.8 Å². The van der Waals surface area contributed by atoms with Crippen molar-refractivity contribution < 1.29 is 0 Å². The first-order valence-electron chi connectivity index (χ1n) is 6.55. The molecule has 0 aromatic heterocycles. The molecule has 1 heterocycles. The third-order valence-electron chi connectivity index (χ3n) is 3.72. The van der Waals surface area contributed by atoms with Gasteiger partial charge >= 0.3 is 0 Å². The maximum Gasteiger partial charge on any atom is 0.106 e. The summed E-state index contributed by atoms with van der Waals surface area (Å²) in [5.41, 5.74) is 9.74. The second kappa shape index (κ2) is 4.88. The molecule has 1 aromatic rings. The topological polar surface area (TPSA) is 29.3 Å². The Labute approximate surface area is 115 Å². The van der Waals surface area contributed by atoms with Crippen molar-refractivity contribution in [2.24, 2.45) is 11.1 Å². The number of hydrogen-bond acceptors (Lipinski definition) is 2. The normalized spacial score (nSPS) is 18.7. The van der Waals surface area contributed by atoms with E-state index in [1.165, 1.54) is 24.1 Å². The Morgan fingerprint density at radius 2 is 2.11 bits per heavy atom. The fourth-order valence-corrected chi connectivity index (χ4v) is 3.06. The first-order chi connectivity index (χ1) is 8.41. The zero-order valence-electron chi connectivity index (χ0n) is 11.5. The van der Waals surface area contributed by atoms with Crippen LogP contribution in [0.25, 0.3) is 0 Å². The van der Waals surface area contributed by atoms with Crippen molar-refractivity contribution in [3.8, 4) is 0 Å². The van der Waals surface area contributed by atoms with Crippen LogP contribution >= 0.6 is 12.2 Å². The lowest BCUT2D eigenvalue weighted by atomic mass is 9.83. The van der Waals surface area contributed by atoms with E-state index in [0.717, 1.165) is 18.7 Å². The lowest BCUT2D eigenvalue weighted by Gasteiger charge is -2.40. The molecule has 2 N–H and O–H groups in total. The molecule has 1 aliphatic heterocycles. The van der Waals surface area contributed by atoms with Gasteiger partial charge in [-0.2, -0.15) is 0 Å². The minimum absolute atomic E-state index is 0.369. The Bertz CT molecular complexity index is 466. The van der Waals surface area contributed by atoms with Gasteiger partial charge in [-0.3, -0.25) is 0 Å². The minimum atomic E-state index is 0.369. The number of thiocarbonyl (C=S) groups is 1. The van der Waals surface area contributed by atoms with Crippen LogP contribution in [0, 0.1) is 12.3 Å². The Morgan fingerprint density at radius 3 is 2.72 bits per heavy atom. The molecule has 2 nitrogen and oxygen atoms in total. The van der Waals surface area contributed by atoms with E-state index >= 15 is 0 Å². The predicted octanol–water partition coefficient (Wildman–Crippen LogP) is 3.26. The molecule has 3 heteroatoms. The van der Waals surface area contributed by atoms with Gasteiger partial charge in [-0.25, -0.2) is 0 Å². The van der Waals surface area contributed by atoms with E-state index in [1.807, 2.05) is 12.1 Å². The van der Waals surface area contributed by atoms with Gasteiger partial charge in [0.15, 0.2) is 0 Å². The summed E-state index contributed by atoms with van der Waals surface area (Å²) in [6.45, 7) is 8.98. The molecule has 2 rings (SSSR count). The molecule has 0 unspecified atom stereocenters. The highest BCUT2D eigenvalue weighted by Crippen LogP contribution is 2.34. The van der Waals surface area contributed by atoms with E-state index in [2.05, 4.69) is 31.7 Å². The van der Waals surface area contributed by atoms with Crippen LogP contribution in [-0.2, 0) is 0 Å². The van der Waals surface area contributed by atoms with Crippen LogP contribution in [0.1, 0.15) is 37.8 Å². The number of anilines is 1. The molecule has 1 aliphatic rings. The predicted molar refractivity (Wildman–Crippen MR) is 82.3 cm³/mol. The van der Waals surface area contributed by atoms with E-state index in [0.29, 0.717) is 10.4 Å². The van der Waals surface area contributed by atoms with Gasteiger partial charge in [0.1, 0.15) is 4.99 Å². The molecule has 0 atom stereocenters. The monoisotopic (exact) mass is 262 g/mol. The zero-order chi connectivity index (χ0) is 13.3. The minimum Gasteiger partial charge on any atom is -0.389 e. The van der Waals surface area contributed by atoms with E-state index < -0.39 is 0 Å². The van der Waals surface area contributed by atoms with Crippen molar-refractivity contribution in [3.63, 3.8) is 0 Å². The smallest absolute Gasteiger partial charge is 0.106 e. The standard InChI is InChI=1S/C15H22N2S/c1-11-6-4-7-12(14(16)18)13(11)17-9-5-8-15(2,3)10-17/h4,6-7H,5,8-10H2,1-3H3,(H2,16,18). The molecule has 0 radical (unpaired) electrons. The summed E-state index contributed by atoms with van der Waals surface area (Å²) in [6.07, 6.45) is 2.52. The third kappa shape index (κ3) is 2.66. The number of para-hydroxylation sites is 1. The van der Waals surface area contributed by atoms with Crippen molar-refractivity contribution >= 4 is 22.9 Å². The number of nitrogens with zero attached hydrogens (tertiary/aromatic N) is 1. The van der Waals surface area contributed by atoms with Crippen LogP contribution in [0.5, 0.6) is 0 Å². The first kappa shape index (κ1) is 13.3. The summed E-state index contributed by atoms with van der Waals surface area (Å²) in [4.78, 5) is 2.95. The maximum atomic E-state index is 5.86. The summed E-state index contributed by atoms with van der Waals surface area (Å²) in [7, 11) is 0. The van der Waals surface area contributed by atoms with Crippen molar-refractivity contribution in [3.05, 3.63) is 29.3 Å². The highest BCUT2D eigenvalue weighted by Gasteiger charge is 2.28. The number of hydrogen-bond donors (Lipinski definition) is 1. The largest absolute Gasteiger partial charge is 0.389 e. The molecule has 0 aliphatic carbocycles. The lowest BCUT2D eigenvalue weighted by molar-refractivity contribution is 0.293. The number of nitrogens with two attached hydrogens (primary N) is 1. The maximum absolute atomic E-state index is 5.86. The molecular formula is C15H22N2S. The summed E-state index contributed by atoms with van der Waals surface area (Å²) in [5, 5.41) is 0. The Kier molecular flexibility index (Phi) is 3.62. The first-order valence-corrected chi connectivity index (χ1v) is 6.96. The molecule has 1 fully saturated rings. The van der Waals surface area contributed by atoms with Crippen molar-refractivity contribution in [2.45, 2.75) is 33.6 Å². The zero-order valence-corrected chi connectivity index (χ0v) is 12.3. The Morgan fingerprint density at radius 1 is 1.39 bits per heavy atom. The van der Waals surface area contributed by atoms with Gasteiger partial charge in [0, 0.05) is 24.3 Å². The quantitative estimate of drug-likeness (QED) is 0.830. The molecule has 1 saturated heterocycles. The molecule has 0 amide bonds. The van der Waals surface area contributed by atoms with Crippen LogP contribution in [0.3, 0.4) is 0 Å². The molecule has 98 valence electrons. The van der Waals surface area contributed by atoms with E-state index in [1.54, 1.807) is 0 Å². The lowest BCUT2D eigenvalue weighted by Crippen LogP contribution is -2.41. The Balaban J connectivity index is 2.41. The van der Waals surface area contributed by atoms with Crippen LogP contribution in [-0.4, -0.2) is 18.1 Å². The Hall–Kier alpha value is -1.09. The highest BCUT2D eigenvalue weighted by atomic mass is 32.1. The van der Waals surface area contributed by atoms with Gasteiger partial charge in [0.25, 0.3) is 0 Å². The molecule has 0 bridgehead atoms. The number of rotatable bonds is 2. The number of benzene rings is 1. The third-order valence-corrected chi connectivity index (χ3v) is 3.94. The summed E-state index contributed by atoms with van der Waals surface area (Å²) in [5.74, 6) is 0. The fourth-order valence-electron chi connectivity index (χ4n) is 2.89. The van der Waals surface area contributed by atoms with E-state index in [9.17, 15) is 0 Å². The van der Waals surface area contributed by atoms with Crippen LogP contribution in [0.15, 0.2) is 18.2 Å². The molecule has 18 heavy (non-hydrogen) atoms. The van der Waals surface area contributed by atoms with Gasteiger partial charge in [-0.15, -0.1) is 0 Å². The second-order valence-corrected chi connectivity index (χ2v) is 6.46. The summed E-state index contributed by atoms with van der Waals surface area (Å²) >= 11 is 5.19. The van der Waals surface area contributed by atoms with Crippen molar-refractivity contribution in [1.82, 2.24) is 0 Å². The number of aryl methyl sites for hydroxylation is 1. The van der Waals surface area contributed by atoms with Crippen LogP contribution < -0.4 is 10.6 Å². The molecule has 0 spiro atoms. The average molecular weight is 262 g/mol. The highest BCUT2D eigenvalue weighted by molar-refractivity contribution is 7.80. The van der Waals surface area contributed by atoms with Gasteiger partial charge in [0.2, 0.25) is 0 Å². The van der Waals surface area contributed by atoms with Gasteiger partial charge < -0.3 is 10.6 Å². The van der Waals surface area contributed by atoms with Crippen molar-refractivity contribution in [2.75, 3.05) is 18.0 Å². The van der Waals surface area contributed by atoms with Gasteiger partial charge in [0.05, 0.1) is 0 Å². The SMILES string of the molecule is Cc1cccc(C(N)=S)c1N1CCCC(C)(C)C1. The van der Waals surface area contributed by atoms with Gasteiger partial charge in [-0.1, -0.05) is 38.2 Å². The van der Waals surface area contributed by atoms with Crippen LogP contribution in [0.2, 0.25) is 0 Å². The van der Waals surface area contributed by atoms with E-state index in [-0.39, 0.29) is 0 Å². The van der Waals surface area contributed by atoms with Crippen LogP contribution in [0.4, 0.5) is 5.69 Å². The van der Waals surface area contributed by atoms with E-state index in [4.69, 9.17) is 18.0 Å². The molecule has 0 saturated carbocycles. The average Bonchev–Trinajstić information content (AvgIpc) is 2.27.